The van der Waals surface area contributed by atoms with Crippen LogP contribution < -0.4 is 5.32 Å². The van der Waals surface area contributed by atoms with Crippen molar-refractivity contribution in [1.82, 2.24) is 10.2 Å². The zero-order valence-corrected chi connectivity index (χ0v) is 13.3. The van der Waals surface area contributed by atoms with Crippen LogP contribution in [-0.4, -0.2) is 36.5 Å². The van der Waals surface area contributed by atoms with Crippen molar-refractivity contribution >= 4 is 29.1 Å². The maximum absolute atomic E-state index is 12.5. The molecule has 1 amide bonds. The molecule has 0 spiro atoms. The molecule has 0 radical (unpaired) electrons. The number of carbonyl (C=O) groups is 1. The van der Waals surface area contributed by atoms with Gasteiger partial charge in [-0.15, -0.1) is 0 Å². The SMILES string of the molecule is CC1CN(C(=O)C(C)Cc2ccc(Cl)cc2Cl)CCN1. The molecule has 20 heavy (non-hydrogen) atoms. The summed E-state index contributed by atoms with van der Waals surface area (Å²) in [7, 11) is 0. The quantitative estimate of drug-likeness (QED) is 0.930. The van der Waals surface area contributed by atoms with E-state index < -0.39 is 0 Å². The zero-order valence-electron chi connectivity index (χ0n) is 11.8. The second-order valence-electron chi connectivity index (χ2n) is 5.48. The van der Waals surface area contributed by atoms with E-state index in [-0.39, 0.29) is 11.8 Å². The molecule has 0 aromatic heterocycles. The van der Waals surface area contributed by atoms with E-state index in [0.717, 1.165) is 25.2 Å². The number of carbonyl (C=O) groups excluding carboxylic acids is 1. The summed E-state index contributed by atoms with van der Waals surface area (Å²) in [6.07, 6.45) is 0.646. The number of hydrogen-bond donors (Lipinski definition) is 1. The summed E-state index contributed by atoms with van der Waals surface area (Å²) in [4.78, 5) is 14.4. The maximum atomic E-state index is 12.5. The Bertz CT molecular complexity index is 493. The smallest absolute Gasteiger partial charge is 0.225 e. The average molecular weight is 315 g/mol. The van der Waals surface area contributed by atoms with Crippen LogP contribution in [0.5, 0.6) is 0 Å². The van der Waals surface area contributed by atoms with E-state index >= 15 is 0 Å². The summed E-state index contributed by atoms with van der Waals surface area (Å²) in [5.41, 5.74) is 0.972. The maximum Gasteiger partial charge on any atom is 0.225 e. The van der Waals surface area contributed by atoms with Gasteiger partial charge in [-0.2, -0.15) is 0 Å². The number of rotatable bonds is 3. The van der Waals surface area contributed by atoms with E-state index in [1.807, 2.05) is 24.0 Å². The lowest BCUT2D eigenvalue weighted by molar-refractivity contribution is -0.136. The van der Waals surface area contributed by atoms with Crippen LogP contribution in [0.25, 0.3) is 0 Å². The topological polar surface area (TPSA) is 32.3 Å². The minimum Gasteiger partial charge on any atom is -0.340 e. The fourth-order valence-electron chi connectivity index (χ4n) is 2.55. The molecule has 0 aliphatic carbocycles. The molecule has 110 valence electrons. The van der Waals surface area contributed by atoms with Crippen molar-refractivity contribution in [2.45, 2.75) is 26.3 Å². The van der Waals surface area contributed by atoms with Crippen molar-refractivity contribution in [2.75, 3.05) is 19.6 Å². The van der Waals surface area contributed by atoms with Crippen molar-refractivity contribution in [3.63, 3.8) is 0 Å². The summed E-state index contributed by atoms with van der Waals surface area (Å²) in [5, 5.41) is 4.59. The second-order valence-corrected chi connectivity index (χ2v) is 6.32. The van der Waals surface area contributed by atoms with Crippen molar-refractivity contribution < 1.29 is 4.79 Å². The molecule has 0 bridgehead atoms. The molecular formula is C15H20Cl2N2O. The Morgan fingerprint density at radius 1 is 1.50 bits per heavy atom. The highest BCUT2D eigenvalue weighted by molar-refractivity contribution is 6.35. The highest BCUT2D eigenvalue weighted by atomic mass is 35.5. The summed E-state index contributed by atoms with van der Waals surface area (Å²) in [6.45, 7) is 6.47. The largest absolute Gasteiger partial charge is 0.340 e. The molecule has 1 N–H and O–H groups in total. The second kappa shape index (κ2) is 6.79. The first-order valence-corrected chi connectivity index (χ1v) is 7.69. The van der Waals surface area contributed by atoms with Crippen LogP contribution in [0.1, 0.15) is 19.4 Å². The number of amides is 1. The van der Waals surface area contributed by atoms with Gasteiger partial charge < -0.3 is 10.2 Å². The third-order valence-corrected chi connectivity index (χ3v) is 4.23. The van der Waals surface area contributed by atoms with E-state index in [1.54, 1.807) is 6.07 Å². The highest BCUT2D eigenvalue weighted by Gasteiger charge is 2.25. The van der Waals surface area contributed by atoms with Crippen LogP contribution in [0.2, 0.25) is 10.0 Å². The Balaban J connectivity index is 2.00. The molecule has 1 saturated heterocycles. The normalized spacial score (nSPS) is 20.8. The van der Waals surface area contributed by atoms with Crippen molar-refractivity contribution in [2.24, 2.45) is 5.92 Å². The molecule has 3 nitrogen and oxygen atoms in total. The molecule has 2 rings (SSSR count). The first-order valence-electron chi connectivity index (χ1n) is 6.93. The Morgan fingerprint density at radius 2 is 2.25 bits per heavy atom. The van der Waals surface area contributed by atoms with Crippen LogP contribution in [0.4, 0.5) is 0 Å². The number of hydrogen-bond acceptors (Lipinski definition) is 2. The van der Waals surface area contributed by atoms with E-state index in [0.29, 0.717) is 22.5 Å². The molecule has 1 fully saturated rings. The van der Waals surface area contributed by atoms with Crippen LogP contribution in [0, 0.1) is 5.92 Å². The van der Waals surface area contributed by atoms with Gasteiger partial charge in [0.25, 0.3) is 0 Å². The van der Waals surface area contributed by atoms with Gasteiger partial charge in [0, 0.05) is 41.6 Å². The molecular weight excluding hydrogens is 295 g/mol. The number of nitrogens with zero attached hydrogens (tertiary/aromatic N) is 1. The number of benzene rings is 1. The first-order chi connectivity index (χ1) is 9.47. The predicted molar refractivity (Wildman–Crippen MR) is 83.4 cm³/mol. The molecule has 5 heteroatoms. The molecule has 0 saturated carbocycles. The third kappa shape index (κ3) is 3.87. The lowest BCUT2D eigenvalue weighted by atomic mass is 9.99. The monoisotopic (exact) mass is 314 g/mol. The Morgan fingerprint density at radius 3 is 2.90 bits per heavy atom. The Labute approximate surface area is 130 Å². The van der Waals surface area contributed by atoms with Gasteiger partial charge in [-0.25, -0.2) is 0 Å². The van der Waals surface area contributed by atoms with E-state index in [4.69, 9.17) is 23.2 Å². The minimum atomic E-state index is -0.0704. The fourth-order valence-corrected chi connectivity index (χ4v) is 3.03. The molecule has 1 aromatic carbocycles. The van der Waals surface area contributed by atoms with Crippen LogP contribution in [0.15, 0.2) is 18.2 Å². The summed E-state index contributed by atoms with van der Waals surface area (Å²) >= 11 is 12.1. The van der Waals surface area contributed by atoms with Crippen molar-refractivity contribution in [1.29, 1.82) is 0 Å². The molecule has 1 aliphatic rings. The number of piperazine rings is 1. The third-order valence-electron chi connectivity index (χ3n) is 3.64. The molecule has 1 aromatic rings. The Kier molecular flexibility index (Phi) is 5.30. The van der Waals surface area contributed by atoms with Gasteiger partial charge in [0.05, 0.1) is 0 Å². The highest BCUT2D eigenvalue weighted by Crippen LogP contribution is 2.24. The van der Waals surface area contributed by atoms with E-state index in [1.165, 1.54) is 0 Å². The molecule has 1 aliphatic heterocycles. The van der Waals surface area contributed by atoms with Gasteiger partial charge in [-0.1, -0.05) is 36.2 Å². The van der Waals surface area contributed by atoms with Gasteiger partial charge in [-0.3, -0.25) is 4.79 Å². The number of halogens is 2. The summed E-state index contributed by atoms with van der Waals surface area (Å²) in [6, 6.07) is 5.79. The lowest BCUT2D eigenvalue weighted by Crippen LogP contribution is -2.52. The van der Waals surface area contributed by atoms with Crippen LogP contribution in [-0.2, 0) is 11.2 Å². The first kappa shape index (κ1) is 15.6. The van der Waals surface area contributed by atoms with Crippen molar-refractivity contribution in [3.8, 4) is 0 Å². The zero-order chi connectivity index (χ0) is 14.7. The van der Waals surface area contributed by atoms with Gasteiger partial charge in [0.1, 0.15) is 0 Å². The van der Waals surface area contributed by atoms with Crippen molar-refractivity contribution in [3.05, 3.63) is 33.8 Å². The summed E-state index contributed by atoms with van der Waals surface area (Å²) < 4.78 is 0. The molecule has 2 unspecified atom stereocenters. The predicted octanol–water partition coefficient (Wildman–Crippen LogP) is 2.99. The van der Waals surface area contributed by atoms with Gasteiger partial charge in [0.15, 0.2) is 0 Å². The van der Waals surface area contributed by atoms with E-state index in [9.17, 15) is 4.79 Å². The van der Waals surface area contributed by atoms with E-state index in [2.05, 4.69) is 12.2 Å². The standard InChI is InChI=1S/C15H20Cl2N2O/c1-10(7-12-3-4-13(16)8-14(12)17)15(20)19-6-5-18-11(2)9-19/h3-4,8,10-11,18H,5-7,9H2,1-2H3. The molecule has 2 atom stereocenters. The average Bonchev–Trinajstić information content (AvgIpc) is 2.41. The van der Waals surface area contributed by atoms with Gasteiger partial charge in [0.2, 0.25) is 5.91 Å². The van der Waals surface area contributed by atoms with Crippen LogP contribution in [0.3, 0.4) is 0 Å². The summed E-state index contributed by atoms with van der Waals surface area (Å²) in [5.74, 6) is 0.128. The Hall–Kier alpha value is -0.770. The van der Waals surface area contributed by atoms with Crippen LogP contribution >= 0.6 is 23.2 Å². The molecule has 1 heterocycles. The van der Waals surface area contributed by atoms with Gasteiger partial charge >= 0.3 is 0 Å². The number of nitrogens with one attached hydrogen (secondary N) is 1. The fraction of sp³-hybridized carbons (Fsp3) is 0.533. The lowest BCUT2D eigenvalue weighted by Gasteiger charge is -2.33. The van der Waals surface area contributed by atoms with Gasteiger partial charge in [-0.05, 0) is 31.0 Å². The minimum absolute atomic E-state index is 0.0704.